The van der Waals surface area contributed by atoms with Gasteiger partial charge in [-0.15, -0.1) is 0 Å². The lowest BCUT2D eigenvalue weighted by Crippen LogP contribution is -2.40. The third-order valence-electron chi connectivity index (χ3n) is 3.27. The maximum absolute atomic E-state index is 12.2. The smallest absolute Gasteiger partial charge is 0.332 e. The van der Waals surface area contributed by atoms with Gasteiger partial charge in [0.2, 0.25) is 0 Å². The zero-order valence-electron chi connectivity index (χ0n) is 12.5. The third-order valence-corrected chi connectivity index (χ3v) is 3.27. The van der Waals surface area contributed by atoms with Crippen molar-refractivity contribution >= 4 is 11.5 Å². The normalized spacial score (nSPS) is 10.8. The lowest BCUT2D eigenvalue weighted by Gasteiger charge is -2.15. The molecule has 0 aliphatic carbocycles. The number of aryl methyl sites for hydroxylation is 1. The molecule has 7 heteroatoms. The first-order valence-electron chi connectivity index (χ1n) is 6.84. The number of aromatic nitrogens is 2. The Balaban J connectivity index is 2.38. The lowest BCUT2D eigenvalue weighted by molar-refractivity contribution is 0.490. The van der Waals surface area contributed by atoms with E-state index in [1.807, 2.05) is 26.0 Å². The van der Waals surface area contributed by atoms with Gasteiger partial charge in [-0.2, -0.15) is 0 Å². The number of rotatable bonds is 5. The molecule has 0 aliphatic rings. The Morgan fingerprint density at radius 3 is 2.62 bits per heavy atom. The average Bonchev–Trinajstić information content (AvgIpc) is 2.87. The van der Waals surface area contributed by atoms with Crippen molar-refractivity contribution in [2.45, 2.75) is 33.4 Å². The quantitative estimate of drug-likeness (QED) is 0.859. The van der Waals surface area contributed by atoms with Gasteiger partial charge in [0.1, 0.15) is 23.0 Å². The van der Waals surface area contributed by atoms with Gasteiger partial charge in [0.05, 0.1) is 6.54 Å². The van der Waals surface area contributed by atoms with Gasteiger partial charge >= 0.3 is 5.69 Å². The first kappa shape index (κ1) is 15.0. The number of nitrogens with zero attached hydrogens (tertiary/aromatic N) is 2. The Morgan fingerprint density at radius 1 is 1.33 bits per heavy atom. The van der Waals surface area contributed by atoms with Crippen LogP contribution in [-0.2, 0) is 20.1 Å². The Labute approximate surface area is 122 Å². The third kappa shape index (κ3) is 2.86. The number of anilines is 2. The summed E-state index contributed by atoms with van der Waals surface area (Å²) >= 11 is 0. The predicted molar refractivity (Wildman–Crippen MR) is 81.4 cm³/mol. The highest BCUT2D eigenvalue weighted by Crippen LogP contribution is 2.14. The summed E-state index contributed by atoms with van der Waals surface area (Å²) in [5.74, 6) is 1.65. The summed E-state index contributed by atoms with van der Waals surface area (Å²) in [6, 6.07) is 3.67. The molecular formula is C14H20N4O3. The van der Waals surface area contributed by atoms with Gasteiger partial charge < -0.3 is 15.5 Å². The van der Waals surface area contributed by atoms with Crippen LogP contribution in [0.4, 0.5) is 11.5 Å². The fourth-order valence-corrected chi connectivity index (χ4v) is 2.14. The van der Waals surface area contributed by atoms with Gasteiger partial charge in [0.15, 0.2) is 0 Å². The van der Waals surface area contributed by atoms with E-state index in [0.717, 1.165) is 16.7 Å². The monoisotopic (exact) mass is 292 g/mol. The number of nitrogen functional groups attached to an aromatic ring is 1. The van der Waals surface area contributed by atoms with Crippen LogP contribution in [-0.4, -0.2) is 9.13 Å². The van der Waals surface area contributed by atoms with Gasteiger partial charge in [-0.1, -0.05) is 6.92 Å². The van der Waals surface area contributed by atoms with Crippen molar-refractivity contribution in [1.29, 1.82) is 0 Å². The van der Waals surface area contributed by atoms with Crippen LogP contribution in [0.2, 0.25) is 0 Å². The molecule has 2 rings (SSSR count). The second kappa shape index (κ2) is 5.90. The van der Waals surface area contributed by atoms with Crippen molar-refractivity contribution in [3.63, 3.8) is 0 Å². The first-order valence-corrected chi connectivity index (χ1v) is 6.84. The van der Waals surface area contributed by atoms with Gasteiger partial charge in [0.25, 0.3) is 5.56 Å². The summed E-state index contributed by atoms with van der Waals surface area (Å²) < 4.78 is 7.89. The average molecular weight is 292 g/mol. The van der Waals surface area contributed by atoms with E-state index in [4.69, 9.17) is 10.2 Å². The number of nitrogens with one attached hydrogen (secondary N) is 1. The molecule has 7 nitrogen and oxygen atoms in total. The fourth-order valence-electron chi connectivity index (χ4n) is 2.14. The number of hydrogen-bond donors (Lipinski definition) is 2. The van der Waals surface area contributed by atoms with Crippen LogP contribution in [0.3, 0.4) is 0 Å². The zero-order chi connectivity index (χ0) is 15.6. The topological polar surface area (TPSA) is 95.2 Å². The summed E-state index contributed by atoms with van der Waals surface area (Å²) in [4.78, 5) is 24.2. The second-order valence-corrected chi connectivity index (χ2v) is 4.92. The zero-order valence-corrected chi connectivity index (χ0v) is 12.5. The van der Waals surface area contributed by atoms with E-state index in [-0.39, 0.29) is 11.5 Å². The van der Waals surface area contributed by atoms with E-state index in [1.165, 1.54) is 11.6 Å². The highest BCUT2D eigenvalue weighted by Gasteiger charge is 2.14. The highest BCUT2D eigenvalue weighted by molar-refractivity contribution is 5.60. The molecule has 0 amide bonds. The van der Waals surface area contributed by atoms with Crippen LogP contribution < -0.4 is 22.3 Å². The molecule has 0 aliphatic heterocycles. The standard InChI is InChI=1S/C14H20N4O3/c1-4-7-18-12(15)11(13(19)17(3)14(18)20)16-8-10-6-5-9(2)21-10/h5-6,16H,4,7-8,15H2,1-3H3. The van der Waals surface area contributed by atoms with E-state index in [1.54, 1.807) is 0 Å². The molecule has 0 atom stereocenters. The maximum atomic E-state index is 12.2. The Morgan fingerprint density at radius 2 is 2.05 bits per heavy atom. The van der Waals surface area contributed by atoms with Crippen LogP contribution in [0.1, 0.15) is 24.9 Å². The van der Waals surface area contributed by atoms with Gasteiger partial charge in [-0.3, -0.25) is 13.9 Å². The van der Waals surface area contributed by atoms with E-state index in [2.05, 4.69) is 5.32 Å². The van der Waals surface area contributed by atoms with Crippen molar-refractivity contribution < 1.29 is 4.42 Å². The molecule has 0 fully saturated rings. The number of furan rings is 1. The minimum absolute atomic E-state index is 0.160. The number of nitrogens with two attached hydrogens (primary N) is 1. The van der Waals surface area contributed by atoms with Crippen molar-refractivity contribution in [2.24, 2.45) is 7.05 Å². The fraction of sp³-hybridized carbons (Fsp3) is 0.429. The van der Waals surface area contributed by atoms with Crippen molar-refractivity contribution in [1.82, 2.24) is 9.13 Å². The predicted octanol–water partition coefficient (Wildman–Crippen LogP) is 1.05. The van der Waals surface area contributed by atoms with E-state index >= 15 is 0 Å². The van der Waals surface area contributed by atoms with Crippen LogP contribution in [0.5, 0.6) is 0 Å². The minimum atomic E-state index is -0.437. The maximum Gasteiger partial charge on any atom is 0.332 e. The van der Waals surface area contributed by atoms with Crippen LogP contribution in [0.25, 0.3) is 0 Å². The summed E-state index contributed by atoms with van der Waals surface area (Å²) in [5, 5.41) is 2.97. The number of hydrogen-bond acceptors (Lipinski definition) is 5. The lowest BCUT2D eigenvalue weighted by atomic mass is 10.3. The largest absolute Gasteiger partial charge is 0.465 e. The highest BCUT2D eigenvalue weighted by atomic mass is 16.3. The van der Waals surface area contributed by atoms with E-state index < -0.39 is 11.2 Å². The van der Waals surface area contributed by atoms with Crippen molar-refractivity contribution in [3.8, 4) is 0 Å². The summed E-state index contributed by atoms with van der Waals surface area (Å²) in [5.41, 5.74) is 5.35. The molecular weight excluding hydrogens is 272 g/mol. The van der Waals surface area contributed by atoms with Gasteiger partial charge in [-0.05, 0) is 25.5 Å². The van der Waals surface area contributed by atoms with Crippen LogP contribution in [0, 0.1) is 6.92 Å². The Kier molecular flexibility index (Phi) is 4.21. The molecule has 0 spiro atoms. The van der Waals surface area contributed by atoms with Gasteiger partial charge in [0, 0.05) is 13.6 Å². The Bertz CT molecular complexity index is 755. The summed E-state index contributed by atoms with van der Waals surface area (Å²) in [7, 11) is 1.44. The molecule has 0 unspecified atom stereocenters. The molecule has 21 heavy (non-hydrogen) atoms. The summed E-state index contributed by atoms with van der Waals surface area (Å²) in [6.45, 7) is 4.58. The minimum Gasteiger partial charge on any atom is -0.465 e. The molecule has 0 bridgehead atoms. The first-order chi connectivity index (χ1) is 9.95. The Hall–Kier alpha value is -2.44. The molecule has 2 aromatic rings. The van der Waals surface area contributed by atoms with Crippen molar-refractivity contribution in [2.75, 3.05) is 11.1 Å². The molecule has 2 aromatic heterocycles. The molecule has 2 heterocycles. The molecule has 0 aromatic carbocycles. The van der Waals surface area contributed by atoms with Crippen LogP contribution >= 0.6 is 0 Å². The SMILES string of the molecule is CCCn1c(N)c(NCc2ccc(C)o2)c(=O)n(C)c1=O. The second-order valence-electron chi connectivity index (χ2n) is 4.92. The van der Waals surface area contributed by atoms with E-state index in [9.17, 15) is 9.59 Å². The van der Waals surface area contributed by atoms with Crippen molar-refractivity contribution in [3.05, 3.63) is 44.5 Å². The molecule has 0 saturated heterocycles. The molecule has 3 N–H and O–H groups in total. The van der Waals surface area contributed by atoms with Gasteiger partial charge in [-0.25, -0.2) is 4.79 Å². The van der Waals surface area contributed by atoms with Crippen LogP contribution in [0.15, 0.2) is 26.1 Å². The summed E-state index contributed by atoms with van der Waals surface area (Å²) in [6.07, 6.45) is 0.749. The molecule has 0 saturated carbocycles. The van der Waals surface area contributed by atoms with E-state index in [0.29, 0.717) is 18.8 Å². The molecule has 0 radical (unpaired) electrons. The molecule has 114 valence electrons.